The molecule has 2 unspecified atom stereocenters. The van der Waals surface area contributed by atoms with E-state index in [9.17, 15) is 8.42 Å². The first-order valence-electron chi connectivity index (χ1n) is 6.88. The summed E-state index contributed by atoms with van der Waals surface area (Å²) >= 11 is 0. The summed E-state index contributed by atoms with van der Waals surface area (Å²) in [7, 11) is -2.76. The minimum Gasteiger partial charge on any atom is -0.310 e. The minimum absolute atomic E-state index is 0.266. The molecule has 0 spiro atoms. The second-order valence-electron chi connectivity index (χ2n) is 5.74. The molecular weight excluding hydrogens is 258 g/mol. The zero-order chi connectivity index (χ0) is 14.0. The second kappa shape index (κ2) is 5.63. The third-order valence-corrected chi connectivity index (χ3v) is 5.91. The minimum atomic E-state index is -2.76. The van der Waals surface area contributed by atoms with Gasteiger partial charge in [-0.15, -0.1) is 0 Å². The second-order valence-corrected chi connectivity index (χ2v) is 7.97. The van der Waals surface area contributed by atoms with Crippen molar-refractivity contribution in [3.05, 3.63) is 34.9 Å². The number of nitrogens with one attached hydrogen (secondary N) is 1. The fourth-order valence-corrected chi connectivity index (χ4v) is 4.39. The van der Waals surface area contributed by atoms with Crippen LogP contribution in [0.2, 0.25) is 0 Å². The lowest BCUT2D eigenvalue weighted by Gasteiger charge is -2.18. The molecule has 0 saturated carbocycles. The summed E-state index contributed by atoms with van der Waals surface area (Å²) in [6.07, 6.45) is 0.801. The Bertz CT molecular complexity index is 551. The van der Waals surface area contributed by atoms with Crippen molar-refractivity contribution < 1.29 is 8.42 Å². The summed E-state index contributed by atoms with van der Waals surface area (Å²) in [5, 5.41) is 3.46. The average molecular weight is 281 g/mol. The van der Waals surface area contributed by atoms with E-state index in [4.69, 9.17) is 0 Å². The van der Waals surface area contributed by atoms with Crippen LogP contribution < -0.4 is 5.32 Å². The molecule has 1 aromatic rings. The highest BCUT2D eigenvalue weighted by atomic mass is 32.2. The zero-order valence-corrected chi connectivity index (χ0v) is 12.8. The quantitative estimate of drug-likeness (QED) is 0.921. The Hall–Kier alpha value is -0.870. The van der Waals surface area contributed by atoms with Crippen molar-refractivity contribution in [3.8, 4) is 0 Å². The van der Waals surface area contributed by atoms with Gasteiger partial charge in [-0.25, -0.2) is 8.42 Å². The van der Waals surface area contributed by atoms with E-state index in [1.807, 2.05) is 0 Å². The van der Waals surface area contributed by atoms with Crippen molar-refractivity contribution in [2.75, 3.05) is 18.1 Å². The molecule has 1 saturated heterocycles. The van der Waals surface area contributed by atoms with Crippen LogP contribution in [0.15, 0.2) is 18.2 Å². The molecule has 1 aliphatic heterocycles. The van der Waals surface area contributed by atoms with Crippen LogP contribution >= 0.6 is 0 Å². The maximum absolute atomic E-state index is 11.4. The van der Waals surface area contributed by atoms with E-state index in [1.54, 1.807) is 0 Å². The third kappa shape index (κ3) is 3.80. The first-order valence-corrected chi connectivity index (χ1v) is 8.70. The normalized spacial score (nSPS) is 23.4. The van der Waals surface area contributed by atoms with Gasteiger partial charge < -0.3 is 5.32 Å². The van der Waals surface area contributed by atoms with Crippen LogP contribution in [0, 0.1) is 19.8 Å². The van der Waals surface area contributed by atoms with Gasteiger partial charge in [0.1, 0.15) is 0 Å². The van der Waals surface area contributed by atoms with Crippen LogP contribution in [0.3, 0.4) is 0 Å². The number of benzene rings is 1. The van der Waals surface area contributed by atoms with Gasteiger partial charge in [0.25, 0.3) is 0 Å². The van der Waals surface area contributed by atoms with Crippen molar-refractivity contribution in [2.45, 2.75) is 33.2 Å². The van der Waals surface area contributed by atoms with Gasteiger partial charge in [-0.3, -0.25) is 0 Å². The number of aryl methyl sites for hydroxylation is 2. The summed E-state index contributed by atoms with van der Waals surface area (Å²) in [6.45, 7) is 7.15. The Kier molecular flexibility index (Phi) is 4.31. The fourth-order valence-electron chi connectivity index (χ4n) is 2.53. The van der Waals surface area contributed by atoms with Gasteiger partial charge in [-0.05, 0) is 56.3 Å². The van der Waals surface area contributed by atoms with Crippen molar-refractivity contribution in [1.29, 1.82) is 0 Å². The molecule has 0 amide bonds. The summed E-state index contributed by atoms with van der Waals surface area (Å²) in [5.74, 6) is 0.982. The molecule has 106 valence electrons. The maximum atomic E-state index is 11.4. The Balaban J connectivity index is 1.91. The molecule has 3 nitrogen and oxygen atoms in total. The molecule has 0 aliphatic carbocycles. The van der Waals surface area contributed by atoms with E-state index in [1.165, 1.54) is 16.7 Å². The third-order valence-electron chi connectivity index (χ3n) is 4.07. The van der Waals surface area contributed by atoms with Crippen LogP contribution in [0.5, 0.6) is 0 Å². The lowest BCUT2D eigenvalue weighted by atomic mass is 10.0. The Morgan fingerprint density at radius 3 is 2.63 bits per heavy atom. The number of hydrogen-bond acceptors (Lipinski definition) is 3. The average Bonchev–Trinajstić information content (AvgIpc) is 2.69. The maximum Gasteiger partial charge on any atom is 0.150 e. The van der Waals surface area contributed by atoms with Crippen LogP contribution in [-0.2, 0) is 9.84 Å². The number of hydrogen-bond donors (Lipinski definition) is 1. The van der Waals surface area contributed by atoms with E-state index in [2.05, 4.69) is 44.3 Å². The van der Waals surface area contributed by atoms with E-state index in [0.29, 0.717) is 11.5 Å². The smallest absolute Gasteiger partial charge is 0.150 e. The standard InChI is InChI=1S/C15H23NO2S/c1-11-4-5-15(8-12(11)2)13(3)16-9-14-6-7-19(17,18)10-14/h4-5,8,13-14,16H,6-7,9-10H2,1-3H3. The van der Waals surface area contributed by atoms with Crippen molar-refractivity contribution in [3.63, 3.8) is 0 Å². The predicted octanol–water partition coefficient (Wildman–Crippen LogP) is 2.39. The van der Waals surface area contributed by atoms with Gasteiger partial charge in [-0.2, -0.15) is 0 Å². The number of rotatable bonds is 4. The first-order chi connectivity index (χ1) is 8.87. The van der Waals surface area contributed by atoms with Crippen LogP contribution in [0.4, 0.5) is 0 Å². The van der Waals surface area contributed by atoms with E-state index in [0.717, 1.165) is 13.0 Å². The first kappa shape index (κ1) is 14.5. The van der Waals surface area contributed by atoms with Crippen LogP contribution in [0.25, 0.3) is 0 Å². The molecule has 0 radical (unpaired) electrons. The molecular formula is C15H23NO2S. The molecule has 4 heteroatoms. The molecule has 2 atom stereocenters. The van der Waals surface area contributed by atoms with E-state index in [-0.39, 0.29) is 12.0 Å². The van der Waals surface area contributed by atoms with Crippen molar-refractivity contribution in [1.82, 2.24) is 5.32 Å². The monoisotopic (exact) mass is 281 g/mol. The molecule has 1 N–H and O–H groups in total. The topological polar surface area (TPSA) is 46.2 Å². The Morgan fingerprint density at radius 1 is 1.32 bits per heavy atom. The van der Waals surface area contributed by atoms with E-state index >= 15 is 0 Å². The molecule has 1 aliphatic rings. The van der Waals surface area contributed by atoms with Crippen LogP contribution in [0.1, 0.15) is 36.1 Å². The van der Waals surface area contributed by atoms with Gasteiger partial charge in [0.05, 0.1) is 11.5 Å². The molecule has 0 bridgehead atoms. The predicted molar refractivity (Wildman–Crippen MR) is 79.1 cm³/mol. The van der Waals surface area contributed by atoms with Gasteiger partial charge in [-0.1, -0.05) is 18.2 Å². The van der Waals surface area contributed by atoms with E-state index < -0.39 is 9.84 Å². The number of sulfone groups is 1. The van der Waals surface area contributed by atoms with Crippen molar-refractivity contribution in [2.24, 2.45) is 5.92 Å². The highest BCUT2D eigenvalue weighted by Gasteiger charge is 2.27. The summed E-state index contributed by atoms with van der Waals surface area (Å²) in [4.78, 5) is 0. The molecule has 0 aromatic heterocycles. The summed E-state index contributed by atoms with van der Waals surface area (Å²) in [5.41, 5.74) is 3.87. The highest BCUT2D eigenvalue weighted by molar-refractivity contribution is 7.91. The van der Waals surface area contributed by atoms with Crippen LogP contribution in [-0.4, -0.2) is 26.5 Å². The lowest BCUT2D eigenvalue weighted by molar-refractivity contribution is 0.476. The molecule has 1 heterocycles. The fraction of sp³-hybridized carbons (Fsp3) is 0.600. The van der Waals surface area contributed by atoms with Gasteiger partial charge in [0.15, 0.2) is 9.84 Å². The highest BCUT2D eigenvalue weighted by Crippen LogP contribution is 2.20. The van der Waals surface area contributed by atoms with Crippen molar-refractivity contribution >= 4 is 9.84 Å². The van der Waals surface area contributed by atoms with Gasteiger partial charge in [0.2, 0.25) is 0 Å². The largest absolute Gasteiger partial charge is 0.310 e. The summed E-state index contributed by atoms with van der Waals surface area (Å²) < 4.78 is 22.8. The molecule has 19 heavy (non-hydrogen) atoms. The Labute approximate surface area is 116 Å². The molecule has 1 fully saturated rings. The van der Waals surface area contributed by atoms with Gasteiger partial charge in [0, 0.05) is 6.04 Å². The van der Waals surface area contributed by atoms with Gasteiger partial charge >= 0.3 is 0 Å². The molecule has 2 rings (SSSR count). The summed E-state index contributed by atoms with van der Waals surface area (Å²) in [6, 6.07) is 6.76. The Morgan fingerprint density at radius 2 is 2.05 bits per heavy atom. The SMILES string of the molecule is Cc1ccc(C(C)NCC2CCS(=O)(=O)C2)cc1C. The zero-order valence-electron chi connectivity index (χ0n) is 11.9. The molecule has 1 aromatic carbocycles. The lowest BCUT2D eigenvalue weighted by Crippen LogP contribution is -2.26.